The van der Waals surface area contributed by atoms with Gasteiger partial charge in [-0.3, -0.25) is 9.59 Å². The van der Waals surface area contributed by atoms with Gasteiger partial charge in [0.05, 0.1) is 12.5 Å². The van der Waals surface area contributed by atoms with Crippen molar-refractivity contribution in [3.05, 3.63) is 70.8 Å². The number of carbonyl (C=O) groups is 2. The van der Waals surface area contributed by atoms with Crippen molar-refractivity contribution >= 4 is 11.8 Å². The summed E-state index contributed by atoms with van der Waals surface area (Å²) in [5.41, 5.74) is 10.5. The van der Waals surface area contributed by atoms with Crippen molar-refractivity contribution in [1.29, 1.82) is 0 Å². The van der Waals surface area contributed by atoms with Gasteiger partial charge >= 0.3 is 0 Å². The summed E-state index contributed by atoms with van der Waals surface area (Å²) in [4.78, 5) is 24.0. The Morgan fingerprint density at radius 2 is 1.46 bits per heavy atom. The van der Waals surface area contributed by atoms with Crippen LogP contribution in [-0.2, 0) is 9.59 Å². The van der Waals surface area contributed by atoms with E-state index in [0.717, 1.165) is 16.7 Å². The summed E-state index contributed by atoms with van der Waals surface area (Å²) in [6.07, 6.45) is 0.168. The van der Waals surface area contributed by atoms with Gasteiger partial charge in [-0.2, -0.15) is 0 Å². The summed E-state index contributed by atoms with van der Waals surface area (Å²) in [6, 6.07) is 15.4. The molecule has 150 valence electrons. The van der Waals surface area contributed by atoms with Crippen molar-refractivity contribution < 1.29 is 9.59 Å². The maximum absolute atomic E-state index is 12.4. The molecule has 0 bridgehead atoms. The molecule has 0 aliphatic heterocycles. The van der Waals surface area contributed by atoms with Crippen molar-refractivity contribution in [2.75, 3.05) is 6.54 Å². The third-order valence-electron chi connectivity index (χ3n) is 4.80. The lowest BCUT2D eigenvalue weighted by atomic mass is 9.99. The molecule has 5 heteroatoms. The molecule has 0 aliphatic carbocycles. The van der Waals surface area contributed by atoms with Gasteiger partial charge in [0.2, 0.25) is 11.8 Å². The summed E-state index contributed by atoms with van der Waals surface area (Å²) in [7, 11) is 0. The number of rotatable bonds is 8. The van der Waals surface area contributed by atoms with Gasteiger partial charge in [-0.15, -0.1) is 0 Å². The van der Waals surface area contributed by atoms with E-state index >= 15 is 0 Å². The molecule has 0 saturated carbocycles. The van der Waals surface area contributed by atoms with E-state index in [2.05, 4.69) is 36.6 Å². The Kier molecular flexibility index (Phi) is 7.76. The minimum Gasteiger partial charge on any atom is -0.354 e. The number of nitrogens with two attached hydrogens (primary N) is 1. The molecule has 4 N–H and O–H groups in total. The predicted molar refractivity (Wildman–Crippen MR) is 113 cm³/mol. The SMILES string of the molecule is CC(=O)NC(CC(=O)NCC(N)c1ccc(C(C)C)cc1)c1ccc(C)cc1. The van der Waals surface area contributed by atoms with Crippen molar-refractivity contribution in [3.63, 3.8) is 0 Å². The smallest absolute Gasteiger partial charge is 0.222 e. The Bertz CT molecular complexity index is 782. The Labute approximate surface area is 167 Å². The van der Waals surface area contributed by atoms with Crippen molar-refractivity contribution in [3.8, 4) is 0 Å². The molecule has 0 fully saturated rings. The molecule has 28 heavy (non-hydrogen) atoms. The molecule has 2 aromatic carbocycles. The Balaban J connectivity index is 1.94. The average Bonchev–Trinajstić information content (AvgIpc) is 2.66. The van der Waals surface area contributed by atoms with Crippen LogP contribution in [0.3, 0.4) is 0 Å². The Morgan fingerprint density at radius 3 is 2.00 bits per heavy atom. The molecular formula is C23H31N3O2. The lowest BCUT2D eigenvalue weighted by molar-refractivity contribution is -0.122. The second kappa shape index (κ2) is 10.0. The first-order valence-corrected chi connectivity index (χ1v) is 9.72. The number of carbonyl (C=O) groups excluding carboxylic acids is 2. The first-order chi connectivity index (χ1) is 13.3. The molecule has 0 aromatic heterocycles. The van der Waals surface area contributed by atoms with Crippen LogP contribution in [-0.4, -0.2) is 18.4 Å². The van der Waals surface area contributed by atoms with Gasteiger partial charge in [-0.05, 0) is 29.5 Å². The minimum atomic E-state index is -0.361. The average molecular weight is 382 g/mol. The van der Waals surface area contributed by atoms with Crippen LogP contribution in [0.4, 0.5) is 0 Å². The molecular weight excluding hydrogens is 350 g/mol. The number of benzene rings is 2. The molecule has 2 aromatic rings. The second-order valence-electron chi connectivity index (χ2n) is 7.60. The van der Waals surface area contributed by atoms with Gasteiger partial charge in [-0.25, -0.2) is 0 Å². The quantitative estimate of drug-likeness (QED) is 0.654. The van der Waals surface area contributed by atoms with Gasteiger partial charge in [0.25, 0.3) is 0 Å². The highest BCUT2D eigenvalue weighted by Crippen LogP contribution is 2.19. The largest absolute Gasteiger partial charge is 0.354 e. The molecule has 2 rings (SSSR count). The first kappa shape index (κ1) is 21.6. The zero-order valence-electron chi connectivity index (χ0n) is 17.2. The van der Waals surface area contributed by atoms with Crippen LogP contribution in [0, 0.1) is 6.92 Å². The number of hydrogen-bond acceptors (Lipinski definition) is 3. The van der Waals surface area contributed by atoms with Crippen molar-refractivity contribution in [2.24, 2.45) is 5.73 Å². The summed E-state index contributed by atoms with van der Waals surface area (Å²) in [5, 5.41) is 5.74. The van der Waals surface area contributed by atoms with Crippen LogP contribution in [0.15, 0.2) is 48.5 Å². The summed E-state index contributed by atoms with van der Waals surface area (Å²) < 4.78 is 0. The van der Waals surface area contributed by atoms with Crippen molar-refractivity contribution in [1.82, 2.24) is 10.6 Å². The van der Waals surface area contributed by atoms with Crippen LogP contribution in [0.1, 0.15) is 67.4 Å². The standard InChI is InChI=1S/C23H31N3O2/c1-15(2)18-9-11-19(12-10-18)21(24)14-25-23(28)13-22(26-17(4)27)20-7-5-16(3)6-8-20/h5-12,15,21-22H,13-14,24H2,1-4H3,(H,25,28)(H,26,27). The van der Waals surface area contributed by atoms with Crippen LogP contribution in [0.2, 0.25) is 0 Å². The maximum atomic E-state index is 12.4. The van der Waals surface area contributed by atoms with Crippen LogP contribution in [0.5, 0.6) is 0 Å². The topological polar surface area (TPSA) is 84.2 Å². The van der Waals surface area contributed by atoms with E-state index in [1.807, 2.05) is 43.3 Å². The molecule has 2 amide bonds. The van der Waals surface area contributed by atoms with E-state index in [1.165, 1.54) is 12.5 Å². The molecule has 0 spiro atoms. The highest BCUT2D eigenvalue weighted by atomic mass is 16.2. The van der Waals surface area contributed by atoms with Gasteiger partial charge < -0.3 is 16.4 Å². The summed E-state index contributed by atoms with van der Waals surface area (Å²) in [5.74, 6) is 0.159. The fourth-order valence-electron chi connectivity index (χ4n) is 3.02. The second-order valence-corrected chi connectivity index (χ2v) is 7.60. The monoisotopic (exact) mass is 381 g/mol. The molecule has 2 unspecified atom stereocenters. The van der Waals surface area contributed by atoms with Crippen LogP contribution < -0.4 is 16.4 Å². The highest BCUT2D eigenvalue weighted by molar-refractivity contribution is 5.79. The Morgan fingerprint density at radius 1 is 0.929 bits per heavy atom. The third-order valence-corrected chi connectivity index (χ3v) is 4.80. The molecule has 5 nitrogen and oxygen atoms in total. The zero-order valence-corrected chi connectivity index (χ0v) is 17.2. The van der Waals surface area contributed by atoms with Gasteiger partial charge in [0.1, 0.15) is 0 Å². The number of aryl methyl sites for hydroxylation is 1. The summed E-state index contributed by atoms with van der Waals surface area (Å²) >= 11 is 0. The van der Waals surface area contributed by atoms with E-state index in [4.69, 9.17) is 5.73 Å². The van der Waals surface area contributed by atoms with E-state index in [-0.39, 0.29) is 30.3 Å². The van der Waals surface area contributed by atoms with Crippen LogP contribution >= 0.6 is 0 Å². The lowest BCUT2D eigenvalue weighted by Crippen LogP contribution is -2.35. The maximum Gasteiger partial charge on any atom is 0.222 e. The number of nitrogens with one attached hydrogen (secondary N) is 2. The number of hydrogen-bond donors (Lipinski definition) is 3. The van der Waals surface area contributed by atoms with Gasteiger partial charge in [0, 0.05) is 19.5 Å². The highest BCUT2D eigenvalue weighted by Gasteiger charge is 2.18. The zero-order chi connectivity index (χ0) is 20.7. The molecule has 0 radical (unpaired) electrons. The van der Waals surface area contributed by atoms with E-state index in [1.54, 1.807) is 0 Å². The molecule has 0 heterocycles. The fraction of sp³-hybridized carbons (Fsp3) is 0.391. The van der Waals surface area contributed by atoms with Crippen LogP contribution in [0.25, 0.3) is 0 Å². The third kappa shape index (κ3) is 6.50. The van der Waals surface area contributed by atoms with Gasteiger partial charge in [0.15, 0.2) is 0 Å². The minimum absolute atomic E-state index is 0.145. The predicted octanol–water partition coefficient (Wildman–Crippen LogP) is 3.50. The van der Waals surface area contributed by atoms with Crippen molar-refractivity contribution in [2.45, 2.75) is 52.1 Å². The van der Waals surface area contributed by atoms with E-state index < -0.39 is 0 Å². The van der Waals surface area contributed by atoms with E-state index in [0.29, 0.717) is 12.5 Å². The first-order valence-electron chi connectivity index (χ1n) is 9.72. The molecule has 2 atom stereocenters. The Hall–Kier alpha value is -2.66. The molecule has 0 aliphatic rings. The van der Waals surface area contributed by atoms with Gasteiger partial charge in [-0.1, -0.05) is 67.9 Å². The summed E-state index contributed by atoms with van der Waals surface area (Å²) in [6.45, 7) is 8.10. The number of amides is 2. The normalized spacial score (nSPS) is 13.1. The molecule has 0 saturated heterocycles. The fourth-order valence-corrected chi connectivity index (χ4v) is 3.02. The van der Waals surface area contributed by atoms with E-state index in [9.17, 15) is 9.59 Å². The lowest BCUT2D eigenvalue weighted by Gasteiger charge is -2.19.